The van der Waals surface area contributed by atoms with Crippen LogP contribution in [-0.2, 0) is 0 Å². The van der Waals surface area contributed by atoms with E-state index in [1.54, 1.807) is 25.3 Å². The number of rotatable bonds is 6. The van der Waals surface area contributed by atoms with Crippen LogP contribution in [0.4, 0.5) is 0 Å². The molecule has 5 heteroatoms. The average Bonchev–Trinajstić information content (AvgIpc) is 2.37. The summed E-state index contributed by atoms with van der Waals surface area (Å²) < 4.78 is 5.89. The van der Waals surface area contributed by atoms with Crippen molar-refractivity contribution in [3.63, 3.8) is 0 Å². The first-order valence-corrected chi connectivity index (χ1v) is 7.51. The van der Waals surface area contributed by atoms with Crippen molar-refractivity contribution in [2.75, 3.05) is 13.0 Å². The van der Waals surface area contributed by atoms with Gasteiger partial charge in [-0.3, -0.25) is 4.79 Å². The molecule has 0 aliphatic heterocycles. The predicted molar refractivity (Wildman–Crippen MR) is 82.1 cm³/mol. The van der Waals surface area contributed by atoms with Gasteiger partial charge in [0.05, 0.1) is 11.6 Å². The fourth-order valence-corrected chi connectivity index (χ4v) is 2.55. The topological polar surface area (TPSA) is 38.3 Å². The third-order valence-electron chi connectivity index (χ3n) is 2.69. The quantitative estimate of drug-likeness (QED) is 0.793. The van der Waals surface area contributed by atoms with E-state index in [0.29, 0.717) is 23.1 Å². The number of halogens is 2. The van der Waals surface area contributed by atoms with Crippen LogP contribution in [0.1, 0.15) is 30.6 Å². The van der Waals surface area contributed by atoms with Gasteiger partial charge in [0.1, 0.15) is 5.75 Å². The van der Waals surface area contributed by atoms with Gasteiger partial charge < -0.3 is 10.1 Å². The van der Waals surface area contributed by atoms with E-state index in [1.165, 1.54) is 0 Å². The summed E-state index contributed by atoms with van der Waals surface area (Å²) in [6.07, 6.45) is 0.868. The minimum atomic E-state index is -0.116. The van der Waals surface area contributed by atoms with Gasteiger partial charge >= 0.3 is 0 Å². The first-order chi connectivity index (χ1) is 8.97. The van der Waals surface area contributed by atoms with Gasteiger partial charge in [-0.05, 0) is 46.5 Å². The van der Waals surface area contributed by atoms with Crippen molar-refractivity contribution in [2.24, 2.45) is 5.92 Å². The Balaban J connectivity index is 2.74. The zero-order valence-corrected chi connectivity index (χ0v) is 13.7. The van der Waals surface area contributed by atoms with E-state index in [1.807, 2.05) is 0 Å². The van der Waals surface area contributed by atoms with E-state index in [-0.39, 0.29) is 11.9 Å². The number of hydrogen-bond acceptors (Lipinski definition) is 2. The number of carbonyl (C=O) groups excluding carboxylic acids is 1. The molecule has 1 unspecified atom stereocenters. The maximum Gasteiger partial charge on any atom is 0.251 e. The maximum absolute atomic E-state index is 12.1. The Kier molecular flexibility index (Phi) is 6.66. The van der Waals surface area contributed by atoms with Crippen LogP contribution in [-0.4, -0.2) is 24.9 Å². The van der Waals surface area contributed by atoms with Crippen molar-refractivity contribution in [3.8, 4) is 5.75 Å². The fraction of sp³-hybridized carbons (Fsp3) is 0.500. The van der Waals surface area contributed by atoms with E-state index < -0.39 is 0 Å². The van der Waals surface area contributed by atoms with Crippen molar-refractivity contribution in [1.82, 2.24) is 5.32 Å². The molecular weight excluding hydrogens is 330 g/mol. The minimum absolute atomic E-state index is 0.00459. The molecule has 0 fully saturated rings. The lowest BCUT2D eigenvalue weighted by Crippen LogP contribution is -2.37. The van der Waals surface area contributed by atoms with Crippen LogP contribution in [0.2, 0.25) is 0 Å². The number of hydrogen-bond donors (Lipinski definition) is 1. The van der Waals surface area contributed by atoms with Crippen LogP contribution in [0.25, 0.3) is 0 Å². The Bertz CT molecular complexity index is 437. The lowest BCUT2D eigenvalue weighted by Gasteiger charge is -2.18. The largest absolute Gasteiger partial charge is 0.496 e. The van der Waals surface area contributed by atoms with Crippen molar-refractivity contribution in [3.05, 3.63) is 28.2 Å². The number of alkyl halides is 1. The van der Waals surface area contributed by atoms with Crippen LogP contribution in [0.3, 0.4) is 0 Å². The zero-order chi connectivity index (χ0) is 14.4. The molecule has 1 aromatic rings. The molecule has 1 atom stereocenters. The molecule has 0 radical (unpaired) electrons. The molecule has 106 valence electrons. The fourth-order valence-electron chi connectivity index (χ4n) is 1.81. The molecule has 0 saturated carbocycles. The van der Waals surface area contributed by atoms with Gasteiger partial charge in [0.2, 0.25) is 0 Å². The first-order valence-electron chi connectivity index (χ1n) is 6.18. The highest BCUT2D eigenvalue weighted by Crippen LogP contribution is 2.25. The second-order valence-electron chi connectivity index (χ2n) is 4.80. The van der Waals surface area contributed by atoms with E-state index in [9.17, 15) is 4.79 Å². The van der Waals surface area contributed by atoms with Crippen molar-refractivity contribution >= 4 is 33.4 Å². The Morgan fingerprint density at radius 1 is 1.47 bits per heavy atom. The molecule has 1 aromatic carbocycles. The average molecular weight is 349 g/mol. The van der Waals surface area contributed by atoms with Crippen molar-refractivity contribution in [1.29, 1.82) is 0 Å². The molecule has 0 saturated heterocycles. The van der Waals surface area contributed by atoms with E-state index in [2.05, 4.69) is 35.1 Å². The second kappa shape index (κ2) is 7.75. The molecule has 3 nitrogen and oxygen atoms in total. The Morgan fingerprint density at radius 2 is 2.16 bits per heavy atom. The van der Waals surface area contributed by atoms with Gasteiger partial charge in [-0.25, -0.2) is 0 Å². The lowest BCUT2D eigenvalue weighted by atomic mass is 10.0. The lowest BCUT2D eigenvalue weighted by molar-refractivity contribution is 0.0936. The highest BCUT2D eigenvalue weighted by Gasteiger charge is 2.15. The van der Waals surface area contributed by atoms with Gasteiger partial charge in [0, 0.05) is 17.5 Å². The standard InChI is InChI=1S/C14H19BrClNO2/c1-9(2)6-11(8-16)17-14(18)10-4-5-13(19-3)12(15)7-10/h4-5,7,9,11H,6,8H2,1-3H3,(H,17,18). The van der Waals surface area contributed by atoms with Gasteiger partial charge in [-0.1, -0.05) is 13.8 Å². The van der Waals surface area contributed by atoms with Gasteiger partial charge in [-0.15, -0.1) is 11.6 Å². The normalized spacial score (nSPS) is 12.3. The molecule has 0 aliphatic rings. The van der Waals surface area contributed by atoms with E-state index in [0.717, 1.165) is 10.9 Å². The highest BCUT2D eigenvalue weighted by atomic mass is 79.9. The minimum Gasteiger partial charge on any atom is -0.496 e. The number of nitrogens with one attached hydrogen (secondary N) is 1. The SMILES string of the molecule is COc1ccc(C(=O)NC(CCl)CC(C)C)cc1Br. The van der Waals surface area contributed by atoms with Gasteiger partial charge in [0.25, 0.3) is 5.91 Å². The van der Waals surface area contributed by atoms with Crippen LogP contribution in [0.5, 0.6) is 5.75 Å². The monoisotopic (exact) mass is 347 g/mol. The maximum atomic E-state index is 12.1. The summed E-state index contributed by atoms with van der Waals surface area (Å²) in [5, 5.41) is 2.95. The Labute approximate surface area is 127 Å². The molecule has 19 heavy (non-hydrogen) atoms. The Morgan fingerprint density at radius 3 is 2.63 bits per heavy atom. The molecule has 0 aliphatic carbocycles. The molecule has 0 heterocycles. The third kappa shape index (κ3) is 5.03. The van der Waals surface area contributed by atoms with Crippen LogP contribution < -0.4 is 10.1 Å². The smallest absolute Gasteiger partial charge is 0.251 e. The number of benzene rings is 1. The number of carbonyl (C=O) groups is 1. The molecular formula is C14H19BrClNO2. The van der Waals surface area contributed by atoms with Gasteiger partial charge in [-0.2, -0.15) is 0 Å². The summed E-state index contributed by atoms with van der Waals surface area (Å²) in [6.45, 7) is 4.21. The first kappa shape index (κ1) is 16.3. The summed E-state index contributed by atoms with van der Waals surface area (Å²) in [5.41, 5.74) is 0.589. The molecule has 1 N–H and O–H groups in total. The summed E-state index contributed by atoms with van der Waals surface area (Å²) in [7, 11) is 1.59. The number of methoxy groups -OCH3 is 1. The molecule has 1 rings (SSSR count). The number of ether oxygens (including phenoxy) is 1. The summed E-state index contributed by atoms with van der Waals surface area (Å²) in [5.74, 6) is 1.50. The molecule has 0 spiro atoms. The van der Waals surface area contributed by atoms with Crippen LogP contribution in [0.15, 0.2) is 22.7 Å². The van der Waals surface area contributed by atoms with Gasteiger partial charge in [0.15, 0.2) is 0 Å². The number of amides is 1. The summed E-state index contributed by atoms with van der Waals surface area (Å²) >= 11 is 9.25. The molecule has 1 amide bonds. The molecule has 0 aromatic heterocycles. The van der Waals surface area contributed by atoms with Crippen LogP contribution in [0, 0.1) is 5.92 Å². The van der Waals surface area contributed by atoms with Crippen LogP contribution >= 0.6 is 27.5 Å². The zero-order valence-electron chi connectivity index (χ0n) is 11.4. The highest BCUT2D eigenvalue weighted by molar-refractivity contribution is 9.10. The Hall–Kier alpha value is -0.740. The van der Waals surface area contributed by atoms with Crippen molar-refractivity contribution in [2.45, 2.75) is 26.3 Å². The summed E-state index contributed by atoms with van der Waals surface area (Å²) in [4.78, 5) is 12.1. The van der Waals surface area contributed by atoms with Crippen molar-refractivity contribution < 1.29 is 9.53 Å². The third-order valence-corrected chi connectivity index (χ3v) is 3.68. The van der Waals surface area contributed by atoms with E-state index >= 15 is 0 Å². The summed E-state index contributed by atoms with van der Waals surface area (Å²) in [6, 6.07) is 5.24. The second-order valence-corrected chi connectivity index (χ2v) is 5.97. The van der Waals surface area contributed by atoms with E-state index in [4.69, 9.17) is 16.3 Å². The molecule has 0 bridgehead atoms. The predicted octanol–water partition coefficient (Wildman–Crippen LogP) is 3.84.